The number of anilines is 1. The van der Waals surface area contributed by atoms with E-state index in [1.807, 2.05) is 17.5 Å². The minimum Gasteiger partial charge on any atom is -0.493 e. The van der Waals surface area contributed by atoms with E-state index in [0.29, 0.717) is 16.6 Å². The van der Waals surface area contributed by atoms with Crippen LogP contribution in [0.4, 0.5) is 5.13 Å². The maximum absolute atomic E-state index is 11.9. The first-order chi connectivity index (χ1) is 10.4. The Kier molecular flexibility index (Phi) is 5.03. The predicted octanol–water partition coefficient (Wildman–Crippen LogP) is 3.47. The molecule has 0 bridgehead atoms. The molecule has 1 aromatic carbocycles. The highest BCUT2D eigenvalue weighted by molar-refractivity contribution is 7.13. The van der Waals surface area contributed by atoms with E-state index >= 15 is 0 Å². The molecule has 0 fully saturated rings. The average molecular weight is 320 g/mol. The molecule has 6 heteroatoms. The predicted molar refractivity (Wildman–Crippen MR) is 87.9 cm³/mol. The van der Waals surface area contributed by atoms with E-state index in [1.54, 1.807) is 19.2 Å². The van der Waals surface area contributed by atoms with Gasteiger partial charge in [0.05, 0.1) is 12.8 Å². The van der Waals surface area contributed by atoms with Gasteiger partial charge in [-0.2, -0.15) is 0 Å². The molecular formula is C16H20N2O3S. The van der Waals surface area contributed by atoms with Crippen LogP contribution in [0.2, 0.25) is 0 Å². The zero-order valence-corrected chi connectivity index (χ0v) is 14.0. The largest absolute Gasteiger partial charge is 0.493 e. The number of rotatable bonds is 5. The minimum atomic E-state index is -0.249. The van der Waals surface area contributed by atoms with Crippen molar-refractivity contribution in [2.45, 2.75) is 26.2 Å². The lowest BCUT2D eigenvalue weighted by molar-refractivity contribution is -0.118. The van der Waals surface area contributed by atoms with Crippen LogP contribution in [0, 0.1) is 0 Å². The molecule has 1 amide bonds. The third kappa shape index (κ3) is 4.21. The van der Waals surface area contributed by atoms with E-state index in [0.717, 1.165) is 5.69 Å². The van der Waals surface area contributed by atoms with Crippen molar-refractivity contribution in [1.29, 1.82) is 0 Å². The molecule has 2 rings (SSSR count). The molecule has 1 heterocycles. The van der Waals surface area contributed by atoms with Crippen LogP contribution in [0.1, 0.15) is 26.5 Å². The number of nitrogens with zero attached hydrogens (tertiary/aromatic N) is 1. The lowest BCUT2D eigenvalue weighted by Gasteiger charge is -2.14. The summed E-state index contributed by atoms with van der Waals surface area (Å²) in [6.45, 7) is 6.15. The molecule has 1 N–H and O–H groups in total. The number of hydrogen-bond donors (Lipinski definition) is 1. The molecular weight excluding hydrogens is 300 g/mol. The number of benzene rings is 1. The Bertz CT molecular complexity index is 647. The smallest absolute Gasteiger partial charge is 0.264 e. The van der Waals surface area contributed by atoms with Crippen molar-refractivity contribution in [2.24, 2.45) is 0 Å². The van der Waals surface area contributed by atoms with Gasteiger partial charge < -0.3 is 9.47 Å². The number of aromatic nitrogens is 1. The third-order valence-corrected chi connectivity index (χ3v) is 3.70. The lowest BCUT2D eigenvalue weighted by Crippen LogP contribution is -2.20. The molecule has 0 unspecified atom stereocenters. The van der Waals surface area contributed by atoms with E-state index in [-0.39, 0.29) is 17.9 Å². The van der Waals surface area contributed by atoms with Crippen LogP contribution in [0.15, 0.2) is 29.6 Å². The first kappa shape index (κ1) is 16.3. The van der Waals surface area contributed by atoms with E-state index in [9.17, 15) is 4.79 Å². The number of methoxy groups -OCH3 is 1. The number of thiazole rings is 1. The van der Waals surface area contributed by atoms with Gasteiger partial charge in [0, 0.05) is 10.8 Å². The second-order valence-electron chi connectivity index (χ2n) is 5.78. The molecule has 22 heavy (non-hydrogen) atoms. The van der Waals surface area contributed by atoms with Gasteiger partial charge in [-0.15, -0.1) is 11.3 Å². The molecule has 5 nitrogen and oxygen atoms in total. The van der Waals surface area contributed by atoms with Crippen molar-refractivity contribution in [3.63, 3.8) is 0 Å². The van der Waals surface area contributed by atoms with E-state index in [4.69, 9.17) is 9.47 Å². The van der Waals surface area contributed by atoms with E-state index in [1.165, 1.54) is 11.3 Å². The Labute approximate surface area is 134 Å². The fraction of sp³-hybridized carbons (Fsp3) is 0.375. The lowest BCUT2D eigenvalue weighted by atomic mass is 9.93. The Hall–Kier alpha value is -2.08. The van der Waals surface area contributed by atoms with Gasteiger partial charge in [-0.05, 0) is 12.1 Å². The van der Waals surface area contributed by atoms with Gasteiger partial charge >= 0.3 is 0 Å². The molecule has 0 aliphatic rings. The van der Waals surface area contributed by atoms with Gasteiger partial charge in [-0.25, -0.2) is 4.98 Å². The Balaban J connectivity index is 1.92. The molecule has 118 valence electrons. The number of nitrogens with one attached hydrogen (secondary N) is 1. The molecule has 1 aromatic heterocycles. The quantitative estimate of drug-likeness (QED) is 0.916. The highest BCUT2D eigenvalue weighted by atomic mass is 32.1. The van der Waals surface area contributed by atoms with Crippen molar-refractivity contribution >= 4 is 22.4 Å². The summed E-state index contributed by atoms with van der Waals surface area (Å²) < 4.78 is 10.6. The monoisotopic (exact) mass is 320 g/mol. The van der Waals surface area contributed by atoms with Crippen LogP contribution in [0.3, 0.4) is 0 Å². The highest BCUT2D eigenvalue weighted by Crippen LogP contribution is 2.27. The molecule has 2 aromatic rings. The number of carbonyl (C=O) groups is 1. The fourth-order valence-electron chi connectivity index (χ4n) is 1.71. The summed E-state index contributed by atoms with van der Waals surface area (Å²) in [4.78, 5) is 16.4. The standard InChI is InChI=1S/C16H20N2O3S/c1-16(2,3)13-10-22-15(17-13)18-14(19)9-21-12-8-6-5-7-11(12)20-4/h5-8,10H,9H2,1-4H3,(H,17,18,19). The molecule has 0 spiro atoms. The van der Waals surface area contributed by atoms with Crippen molar-refractivity contribution < 1.29 is 14.3 Å². The number of para-hydroxylation sites is 2. The maximum atomic E-state index is 11.9. The third-order valence-electron chi connectivity index (χ3n) is 2.95. The Morgan fingerprint density at radius 2 is 1.95 bits per heavy atom. The Morgan fingerprint density at radius 1 is 1.27 bits per heavy atom. The van der Waals surface area contributed by atoms with Gasteiger partial charge in [0.25, 0.3) is 5.91 Å². The average Bonchev–Trinajstić information content (AvgIpc) is 2.94. The zero-order valence-electron chi connectivity index (χ0n) is 13.2. The number of ether oxygens (including phenoxy) is 2. The molecule has 0 saturated heterocycles. The van der Waals surface area contributed by atoms with E-state index < -0.39 is 0 Å². The summed E-state index contributed by atoms with van der Waals surface area (Å²) in [6.07, 6.45) is 0. The van der Waals surface area contributed by atoms with Gasteiger partial charge in [0.2, 0.25) is 0 Å². The van der Waals surface area contributed by atoms with Crippen molar-refractivity contribution in [3.8, 4) is 11.5 Å². The maximum Gasteiger partial charge on any atom is 0.264 e. The number of carbonyl (C=O) groups excluding carboxylic acids is 1. The van der Waals surface area contributed by atoms with Crippen LogP contribution in [0.25, 0.3) is 0 Å². The first-order valence-corrected chi connectivity index (χ1v) is 7.80. The molecule has 0 saturated carbocycles. The van der Waals surface area contributed by atoms with E-state index in [2.05, 4.69) is 31.1 Å². The summed E-state index contributed by atoms with van der Waals surface area (Å²) in [5.74, 6) is 0.884. The van der Waals surface area contributed by atoms with Gasteiger partial charge in [-0.1, -0.05) is 32.9 Å². The number of hydrogen-bond acceptors (Lipinski definition) is 5. The highest BCUT2D eigenvalue weighted by Gasteiger charge is 2.18. The van der Waals surface area contributed by atoms with Gasteiger partial charge in [-0.3, -0.25) is 10.1 Å². The summed E-state index contributed by atoms with van der Waals surface area (Å²) in [5.41, 5.74) is 0.923. The molecule has 0 aliphatic heterocycles. The zero-order chi connectivity index (χ0) is 16.2. The fourth-order valence-corrected chi connectivity index (χ4v) is 2.67. The molecule has 0 aliphatic carbocycles. The van der Waals surface area contributed by atoms with Crippen LogP contribution < -0.4 is 14.8 Å². The summed E-state index contributed by atoms with van der Waals surface area (Å²) >= 11 is 1.41. The molecule has 0 radical (unpaired) electrons. The summed E-state index contributed by atoms with van der Waals surface area (Å²) in [6, 6.07) is 7.21. The van der Waals surface area contributed by atoms with Gasteiger partial charge in [0.1, 0.15) is 0 Å². The van der Waals surface area contributed by atoms with Crippen molar-refractivity contribution in [2.75, 3.05) is 19.0 Å². The van der Waals surface area contributed by atoms with Crippen LogP contribution in [0.5, 0.6) is 11.5 Å². The van der Waals surface area contributed by atoms with Crippen molar-refractivity contribution in [3.05, 3.63) is 35.3 Å². The Morgan fingerprint density at radius 3 is 2.55 bits per heavy atom. The van der Waals surface area contributed by atoms with Crippen LogP contribution in [-0.2, 0) is 10.2 Å². The van der Waals surface area contributed by atoms with Crippen molar-refractivity contribution in [1.82, 2.24) is 4.98 Å². The summed E-state index contributed by atoms with van der Waals surface area (Å²) in [5, 5.41) is 5.28. The van der Waals surface area contributed by atoms with Gasteiger partial charge in [0.15, 0.2) is 23.2 Å². The minimum absolute atomic E-state index is 0.0343. The van der Waals surface area contributed by atoms with Crippen LogP contribution in [-0.4, -0.2) is 24.6 Å². The molecule has 0 atom stereocenters. The second-order valence-corrected chi connectivity index (χ2v) is 6.63. The second kappa shape index (κ2) is 6.79. The first-order valence-electron chi connectivity index (χ1n) is 6.92. The van der Waals surface area contributed by atoms with Crippen LogP contribution >= 0.6 is 11.3 Å². The number of amides is 1. The summed E-state index contributed by atoms with van der Waals surface area (Å²) in [7, 11) is 1.56. The normalized spacial score (nSPS) is 11.1. The SMILES string of the molecule is COc1ccccc1OCC(=O)Nc1nc(C(C)(C)C)cs1. The topological polar surface area (TPSA) is 60.5 Å².